The van der Waals surface area contributed by atoms with Crippen molar-refractivity contribution in [2.45, 2.75) is 13.3 Å². The lowest BCUT2D eigenvalue weighted by Gasteiger charge is -2.26. The molecule has 2 amide bonds. The molecule has 0 saturated heterocycles. The highest BCUT2D eigenvalue weighted by Gasteiger charge is 2.19. The minimum atomic E-state index is -1.28. The molecule has 106 valence electrons. The van der Waals surface area contributed by atoms with Crippen molar-refractivity contribution in [3.05, 3.63) is 41.2 Å². The van der Waals surface area contributed by atoms with Crippen LogP contribution in [-0.4, -0.2) is 35.1 Å². The van der Waals surface area contributed by atoms with Crippen LogP contribution in [0.15, 0.2) is 29.8 Å². The van der Waals surface area contributed by atoms with E-state index in [-0.39, 0.29) is 17.3 Å². The van der Waals surface area contributed by atoms with E-state index in [1.54, 1.807) is 4.90 Å². The molecule has 6 heteroatoms. The first-order chi connectivity index (χ1) is 9.47. The van der Waals surface area contributed by atoms with E-state index in [1.165, 1.54) is 11.6 Å². The Morgan fingerprint density at radius 1 is 1.40 bits per heavy atom. The maximum Gasteiger partial charge on any atom is 0.337 e. The van der Waals surface area contributed by atoms with Gasteiger partial charge in [0.25, 0.3) is 0 Å². The highest BCUT2D eigenvalue weighted by molar-refractivity contribution is 6.00. The topological polar surface area (TPSA) is 69.6 Å². The van der Waals surface area contributed by atoms with Gasteiger partial charge in [0.2, 0.25) is 0 Å². The molecule has 2 rings (SSSR count). The van der Waals surface area contributed by atoms with Crippen LogP contribution in [0, 0.1) is 5.82 Å². The summed E-state index contributed by atoms with van der Waals surface area (Å²) in [6.45, 7) is 3.07. The van der Waals surface area contributed by atoms with E-state index < -0.39 is 11.8 Å². The van der Waals surface area contributed by atoms with E-state index in [1.807, 2.05) is 13.0 Å². The van der Waals surface area contributed by atoms with Gasteiger partial charge in [-0.2, -0.15) is 0 Å². The van der Waals surface area contributed by atoms with Crippen LogP contribution in [0.4, 0.5) is 14.9 Å². The zero-order valence-corrected chi connectivity index (χ0v) is 11.0. The van der Waals surface area contributed by atoms with Gasteiger partial charge in [-0.1, -0.05) is 11.6 Å². The van der Waals surface area contributed by atoms with Gasteiger partial charge < -0.3 is 15.3 Å². The normalized spacial score (nSPS) is 14.7. The van der Waals surface area contributed by atoms with Gasteiger partial charge in [0.1, 0.15) is 5.82 Å². The molecule has 5 nitrogen and oxygen atoms in total. The standard InChI is InChI=1S/C14H15FN2O3/c1-9-4-6-17(7-5-9)14(20)16-12-3-2-10(15)8-11(12)13(18)19/h2-4,8H,5-7H2,1H3,(H,16,20)(H,18,19). The Balaban J connectivity index is 2.14. The third-order valence-corrected chi connectivity index (χ3v) is 3.18. The van der Waals surface area contributed by atoms with Crippen LogP contribution in [0.2, 0.25) is 0 Å². The number of carboxylic acid groups (broad SMARTS) is 1. The number of anilines is 1. The number of nitrogens with zero attached hydrogens (tertiary/aromatic N) is 1. The zero-order chi connectivity index (χ0) is 14.7. The van der Waals surface area contributed by atoms with Crippen molar-refractivity contribution in [2.75, 3.05) is 18.4 Å². The van der Waals surface area contributed by atoms with Crippen LogP contribution in [-0.2, 0) is 0 Å². The number of carbonyl (C=O) groups excluding carboxylic acids is 1. The van der Waals surface area contributed by atoms with Gasteiger partial charge in [-0.15, -0.1) is 0 Å². The van der Waals surface area contributed by atoms with Gasteiger partial charge >= 0.3 is 12.0 Å². The summed E-state index contributed by atoms with van der Waals surface area (Å²) in [6, 6.07) is 2.87. The Hall–Kier alpha value is -2.37. The summed E-state index contributed by atoms with van der Waals surface area (Å²) >= 11 is 0. The lowest BCUT2D eigenvalue weighted by molar-refractivity contribution is 0.0697. The van der Waals surface area contributed by atoms with Crippen LogP contribution >= 0.6 is 0 Å². The summed E-state index contributed by atoms with van der Waals surface area (Å²) in [5.41, 5.74) is 1.05. The van der Waals surface area contributed by atoms with Crippen molar-refractivity contribution in [1.29, 1.82) is 0 Å². The van der Waals surface area contributed by atoms with E-state index in [0.29, 0.717) is 13.1 Å². The van der Waals surface area contributed by atoms with Gasteiger partial charge in [-0.25, -0.2) is 14.0 Å². The second-order valence-corrected chi connectivity index (χ2v) is 4.67. The predicted molar refractivity (Wildman–Crippen MR) is 72.3 cm³/mol. The number of carbonyl (C=O) groups is 2. The molecular weight excluding hydrogens is 263 g/mol. The van der Waals surface area contributed by atoms with Crippen molar-refractivity contribution in [1.82, 2.24) is 4.90 Å². The molecule has 0 atom stereocenters. The first kappa shape index (κ1) is 14.0. The molecular formula is C14H15FN2O3. The van der Waals surface area contributed by atoms with Gasteiger partial charge in [0.15, 0.2) is 0 Å². The molecule has 0 spiro atoms. The Labute approximate surface area is 115 Å². The second-order valence-electron chi connectivity index (χ2n) is 4.67. The maximum absolute atomic E-state index is 13.0. The fourth-order valence-electron chi connectivity index (χ4n) is 1.95. The number of aromatic carboxylic acids is 1. The molecule has 1 aliphatic heterocycles. The maximum atomic E-state index is 13.0. The SMILES string of the molecule is CC1=CCN(C(=O)Nc2ccc(F)cc2C(=O)O)CC1. The van der Waals surface area contributed by atoms with Gasteiger partial charge in [-0.3, -0.25) is 0 Å². The predicted octanol–water partition coefficient (Wildman–Crippen LogP) is 2.71. The number of hydrogen-bond acceptors (Lipinski definition) is 2. The molecule has 0 bridgehead atoms. The van der Waals surface area contributed by atoms with Gasteiger partial charge in [-0.05, 0) is 31.5 Å². The number of halogens is 1. The van der Waals surface area contributed by atoms with Gasteiger partial charge in [0, 0.05) is 13.1 Å². The number of hydrogen-bond donors (Lipinski definition) is 2. The van der Waals surface area contributed by atoms with Crippen LogP contribution in [0.3, 0.4) is 0 Å². The van der Waals surface area contributed by atoms with Crippen molar-refractivity contribution >= 4 is 17.7 Å². The quantitative estimate of drug-likeness (QED) is 0.817. The summed E-state index contributed by atoms with van der Waals surface area (Å²) < 4.78 is 13.0. The lowest BCUT2D eigenvalue weighted by atomic mass is 10.1. The molecule has 0 saturated carbocycles. The lowest BCUT2D eigenvalue weighted by Crippen LogP contribution is -2.38. The van der Waals surface area contributed by atoms with Crippen molar-refractivity contribution in [2.24, 2.45) is 0 Å². The Morgan fingerprint density at radius 2 is 2.15 bits per heavy atom. The van der Waals surface area contributed by atoms with E-state index in [4.69, 9.17) is 5.11 Å². The Morgan fingerprint density at radius 3 is 2.75 bits per heavy atom. The van der Waals surface area contributed by atoms with E-state index in [0.717, 1.165) is 18.6 Å². The molecule has 0 unspecified atom stereocenters. The Bertz CT molecular complexity index is 584. The van der Waals surface area contributed by atoms with Gasteiger partial charge in [0.05, 0.1) is 11.3 Å². The third-order valence-electron chi connectivity index (χ3n) is 3.18. The first-order valence-electron chi connectivity index (χ1n) is 6.22. The fourth-order valence-corrected chi connectivity index (χ4v) is 1.95. The van der Waals surface area contributed by atoms with Crippen LogP contribution in [0.5, 0.6) is 0 Å². The molecule has 1 heterocycles. The average molecular weight is 278 g/mol. The van der Waals surface area contributed by atoms with Crippen LogP contribution in [0.1, 0.15) is 23.7 Å². The van der Waals surface area contributed by atoms with Crippen LogP contribution < -0.4 is 5.32 Å². The molecule has 0 aromatic heterocycles. The molecule has 1 aliphatic rings. The molecule has 0 aliphatic carbocycles. The second kappa shape index (κ2) is 5.73. The third kappa shape index (κ3) is 3.14. The molecule has 2 N–H and O–H groups in total. The van der Waals surface area contributed by atoms with E-state index in [9.17, 15) is 14.0 Å². The summed E-state index contributed by atoms with van der Waals surface area (Å²) in [7, 11) is 0. The van der Waals surface area contributed by atoms with Crippen LogP contribution in [0.25, 0.3) is 0 Å². The summed E-state index contributed by atoms with van der Waals surface area (Å²) in [6.07, 6.45) is 2.74. The molecule has 1 aromatic rings. The molecule has 20 heavy (non-hydrogen) atoms. The van der Waals surface area contributed by atoms with E-state index in [2.05, 4.69) is 5.32 Å². The highest BCUT2D eigenvalue weighted by Crippen LogP contribution is 2.18. The average Bonchev–Trinajstić information content (AvgIpc) is 2.41. The van der Waals surface area contributed by atoms with Crippen molar-refractivity contribution in [3.8, 4) is 0 Å². The molecule has 0 radical (unpaired) electrons. The number of amides is 2. The smallest absolute Gasteiger partial charge is 0.337 e. The number of urea groups is 1. The molecule has 0 fully saturated rings. The van der Waals surface area contributed by atoms with Crippen molar-refractivity contribution < 1.29 is 19.1 Å². The zero-order valence-electron chi connectivity index (χ0n) is 11.0. The number of rotatable bonds is 2. The Kier molecular flexibility index (Phi) is 4.02. The summed E-state index contributed by atoms with van der Waals surface area (Å²) in [5, 5.41) is 11.5. The minimum Gasteiger partial charge on any atom is -0.478 e. The fraction of sp³-hybridized carbons (Fsp3) is 0.286. The summed E-state index contributed by atoms with van der Waals surface area (Å²) in [4.78, 5) is 24.6. The van der Waals surface area contributed by atoms with E-state index >= 15 is 0 Å². The largest absolute Gasteiger partial charge is 0.478 e. The highest BCUT2D eigenvalue weighted by atomic mass is 19.1. The minimum absolute atomic E-state index is 0.0928. The number of benzene rings is 1. The first-order valence-corrected chi connectivity index (χ1v) is 6.22. The number of nitrogens with one attached hydrogen (secondary N) is 1. The monoisotopic (exact) mass is 278 g/mol. The summed E-state index contributed by atoms with van der Waals surface area (Å²) in [5.74, 6) is -1.94. The van der Waals surface area contributed by atoms with Crippen molar-refractivity contribution in [3.63, 3.8) is 0 Å². The molecule has 1 aromatic carbocycles. The number of carboxylic acids is 1.